The predicted molar refractivity (Wildman–Crippen MR) is 115 cm³/mol. The zero-order chi connectivity index (χ0) is 20.4. The molecule has 3 aromatic rings. The molecule has 2 aromatic heterocycles. The molecule has 0 atom stereocenters. The van der Waals surface area contributed by atoms with Gasteiger partial charge in [-0.2, -0.15) is 0 Å². The van der Waals surface area contributed by atoms with Gasteiger partial charge in [0.05, 0.1) is 10.6 Å². The molecule has 1 aromatic carbocycles. The smallest absolute Gasteiger partial charge is 0.270 e. The number of nitro benzene ring substituents is 1. The molecule has 1 fully saturated rings. The van der Waals surface area contributed by atoms with Crippen molar-refractivity contribution < 1.29 is 4.92 Å². The largest absolute Gasteiger partial charge is 0.355 e. The Kier molecular flexibility index (Phi) is 5.39. The van der Waals surface area contributed by atoms with Crippen molar-refractivity contribution in [2.24, 2.45) is 0 Å². The Morgan fingerprint density at radius 1 is 1.00 bits per heavy atom. The Balaban J connectivity index is 1.57. The third kappa shape index (κ3) is 4.34. The van der Waals surface area contributed by atoms with Crippen molar-refractivity contribution >= 4 is 28.0 Å². The summed E-state index contributed by atoms with van der Waals surface area (Å²) in [5.74, 6) is 1.37. The Hall–Kier alpha value is -3.07. The van der Waals surface area contributed by atoms with Gasteiger partial charge in [-0.05, 0) is 20.3 Å². The molecule has 0 saturated carbocycles. The second kappa shape index (κ2) is 8.12. The quantitative estimate of drug-likeness (QED) is 0.477. The number of nitrogens with zero attached hydrogens (tertiary/aromatic N) is 6. The van der Waals surface area contributed by atoms with Crippen molar-refractivity contribution in [1.82, 2.24) is 15.0 Å². The summed E-state index contributed by atoms with van der Waals surface area (Å²) >= 11 is 1.68. The molecule has 29 heavy (non-hydrogen) atoms. The molecule has 3 heterocycles. The summed E-state index contributed by atoms with van der Waals surface area (Å²) in [6.07, 6.45) is 1.01. The fourth-order valence-corrected chi connectivity index (χ4v) is 4.28. The van der Waals surface area contributed by atoms with Crippen LogP contribution in [0.1, 0.15) is 17.8 Å². The molecule has 1 aliphatic rings. The van der Waals surface area contributed by atoms with E-state index in [2.05, 4.69) is 25.1 Å². The number of non-ortho nitro benzene ring substituents is 1. The van der Waals surface area contributed by atoms with Crippen LogP contribution >= 0.6 is 11.3 Å². The second-order valence-corrected chi connectivity index (χ2v) is 7.93. The van der Waals surface area contributed by atoms with Gasteiger partial charge in [0.2, 0.25) is 0 Å². The van der Waals surface area contributed by atoms with Crippen molar-refractivity contribution in [2.45, 2.75) is 20.3 Å². The van der Waals surface area contributed by atoms with Gasteiger partial charge in [-0.15, -0.1) is 11.3 Å². The minimum atomic E-state index is -0.399. The van der Waals surface area contributed by atoms with E-state index in [1.807, 2.05) is 19.9 Å². The first-order chi connectivity index (χ1) is 14.0. The summed E-state index contributed by atoms with van der Waals surface area (Å²) in [5.41, 5.74) is 2.59. The standard InChI is InChI=1S/C20H22N6O2S/c1-14-11-18(23-19(21-14)16-5-3-6-17(12-16)26(27)28)24-7-4-8-25(10-9-24)20-22-15(2)13-29-20/h3,5-6,11-13H,4,7-10H2,1-2H3. The van der Waals surface area contributed by atoms with Crippen LogP contribution in [-0.2, 0) is 0 Å². The topological polar surface area (TPSA) is 88.3 Å². The minimum absolute atomic E-state index is 0.0401. The number of hydrogen-bond acceptors (Lipinski definition) is 8. The number of aryl methyl sites for hydroxylation is 2. The number of benzene rings is 1. The zero-order valence-electron chi connectivity index (χ0n) is 16.4. The lowest BCUT2D eigenvalue weighted by molar-refractivity contribution is -0.384. The van der Waals surface area contributed by atoms with Crippen molar-refractivity contribution in [1.29, 1.82) is 0 Å². The fraction of sp³-hybridized carbons (Fsp3) is 0.350. The molecule has 0 radical (unpaired) electrons. The molecule has 0 aliphatic carbocycles. The van der Waals surface area contributed by atoms with E-state index >= 15 is 0 Å². The van der Waals surface area contributed by atoms with Gasteiger partial charge < -0.3 is 9.80 Å². The zero-order valence-corrected chi connectivity index (χ0v) is 17.2. The van der Waals surface area contributed by atoms with Crippen LogP contribution in [0, 0.1) is 24.0 Å². The highest BCUT2D eigenvalue weighted by molar-refractivity contribution is 7.13. The van der Waals surface area contributed by atoms with Crippen LogP contribution in [0.15, 0.2) is 35.7 Å². The van der Waals surface area contributed by atoms with Crippen LogP contribution in [0.5, 0.6) is 0 Å². The Morgan fingerprint density at radius 2 is 1.79 bits per heavy atom. The van der Waals surface area contributed by atoms with E-state index < -0.39 is 4.92 Å². The maximum Gasteiger partial charge on any atom is 0.270 e. The van der Waals surface area contributed by atoms with Crippen molar-refractivity contribution in [3.8, 4) is 11.4 Å². The Bertz CT molecular complexity index is 1040. The van der Waals surface area contributed by atoms with Gasteiger partial charge in [-0.1, -0.05) is 12.1 Å². The molecule has 150 valence electrons. The van der Waals surface area contributed by atoms with Crippen LogP contribution in [0.25, 0.3) is 11.4 Å². The van der Waals surface area contributed by atoms with Crippen molar-refractivity contribution in [2.75, 3.05) is 36.0 Å². The molecule has 0 bridgehead atoms. The van der Waals surface area contributed by atoms with Crippen molar-refractivity contribution in [3.63, 3.8) is 0 Å². The van der Waals surface area contributed by atoms with Crippen LogP contribution in [0.2, 0.25) is 0 Å². The number of nitro groups is 1. The molecule has 1 aliphatic heterocycles. The molecular formula is C20H22N6O2S. The molecule has 0 spiro atoms. The third-order valence-electron chi connectivity index (χ3n) is 4.85. The van der Waals surface area contributed by atoms with Gasteiger partial charge in [0.25, 0.3) is 5.69 Å². The summed E-state index contributed by atoms with van der Waals surface area (Å²) < 4.78 is 0. The highest BCUT2D eigenvalue weighted by atomic mass is 32.1. The molecular weight excluding hydrogens is 388 g/mol. The summed E-state index contributed by atoms with van der Waals surface area (Å²) in [6.45, 7) is 7.51. The number of aromatic nitrogens is 3. The predicted octanol–water partition coefficient (Wildman–Crippen LogP) is 3.84. The second-order valence-electron chi connectivity index (χ2n) is 7.10. The van der Waals surface area contributed by atoms with Gasteiger partial charge in [0.15, 0.2) is 11.0 Å². The maximum absolute atomic E-state index is 11.1. The van der Waals surface area contributed by atoms with Gasteiger partial charge in [-0.25, -0.2) is 15.0 Å². The molecule has 0 unspecified atom stereocenters. The SMILES string of the molecule is Cc1cc(N2CCCN(c3nc(C)cs3)CC2)nc(-c2cccc([N+](=O)[O-])c2)n1. The van der Waals surface area contributed by atoms with Crippen LogP contribution < -0.4 is 9.80 Å². The van der Waals surface area contributed by atoms with E-state index in [-0.39, 0.29) is 5.69 Å². The first kappa shape index (κ1) is 19.3. The molecule has 8 nitrogen and oxygen atoms in total. The molecule has 4 rings (SSSR count). The monoisotopic (exact) mass is 410 g/mol. The molecule has 9 heteroatoms. The first-order valence-electron chi connectivity index (χ1n) is 9.52. The van der Waals surface area contributed by atoms with E-state index in [0.717, 1.165) is 54.9 Å². The molecule has 1 saturated heterocycles. The molecule has 0 N–H and O–H groups in total. The van der Waals surface area contributed by atoms with Crippen LogP contribution in [-0.4, -0.2) is 46.1 Å². The van der Waals surface area contributed by atoms with E-state index in [4.69, 9.17) is 4.98 Å². The van der Waals surface area contributed by atoms with E-state index in [9.17, 15) is 10.1 Å². The number of rotatable bonds is 4. The normalized spacial score (nSPS) is 14.7. The fourth-order valence-electron chi connectivity index (χ4n) is 3.43. The lowest BCUT2D eigenvalue weighted by atomic mass is 10.2. The van der Waals surface area contributed by atoms with Crippen LogP contribution in [0.3, 0.4) is 0 Å². The van der Waals surface area contributed by atoms with Crippen molar-refractivity contribution in [3.05, 3.63) is 57.2 Å². The summed E-state index contributed by atoms with van der Waals surface area (Å²) in [5, 5.41) is 14.3. The van der Waals surface area contributed by atoms with Gasteiger partial charge in [0, 0.05) is 61.0 Å². The third-order valence-corrected chi connectivity index (χ3v) is 5.87. The average Bonchev–Trinajstić information content (AvgIpc) is 2.99. The van der Waals surface area contributed by atoms with E-state index in [1.165, 1.54) is 12.1 Å². The highest BCUT2D eigenvalue weighted by Crippen LogP contribution is 2.26. The van der Waals surface area contributed by atoms with Gasteiger partial charge in [-0.3, -0.25) is 10.1 Å². The first-order valence-corrected chi connectivity index (χ1v) is 10.4. The van der Waals surface area contributed by atoms with Crippen LogP contribution in [0.4, 0.5) is 16.6 Å². The van der Waals surface area contributed by atoms with Gasteiger partial charge >= 0.3 is 0 Å². The number of thiazole rings is 1. The Labute approximate surface area is 173 Å². The van der Waals surface area contributed by atoms with E-state index in [0.29, 0.717) is 11.4 Å². The lowest BCUT2D eigenvalue weighted by Gasteiger charge is -2.23. The Morgan fingerprint density at radius 3 is 2.55 bits per heavy atom. The van der Waals surface area contributed by atoms with E-state index in [1.54, 1.807) is 23.5 Å². The number of hydrogen-bond donors (Lipinski definition) is 0. The summed E-state index contributed by atoms with van der Waals surface area (Å²) in [7, 11) is 0. The highest BCUT2D eigenvalue weighted by Gasteiger charge is 2.19. The minimum Gasteiger partial charge on any atom is -0.355 e. The lowest BCUT2D eigenvalue weighted by Crippen LogP contribution is -2.31. The maximum atomic E-state index is 11.1. The number of anilines is 2. The van der Waals surface area contributed by atoms with Gasteiger partial charge in [0.1, 0.15) is 5.82 Å². The molecule has 0 amide bonds. The summed E-state index contributed by atoms with van der Waals surface area (Å²) in [4.78, 5) is 29.1. The average molecular weight is 411 g/mol. The summed E-state index contributed by atoms with van der Waals surface area (Å²) in [6, 6.07) is 8.45.